The number of carbonyl (C=O) groups is 1. The predicted molar refractivity (Wildman–Crippen MR) is 120 cm³/mol. The summed E-state index contributed by atoms with van der Waals surface area (Å²) in [6.07, 6.45) is 2.41. The minimum atomic E-state index is -3.35. The smallest absolute Gasteiger partial charge is 0.261 e. The number of thiazole rings is 1. The second-order valence-corrected chi connectivity index (χ2v) is 9.92. The molecule has 0 unspecified atom stereocenters. The standard InChI is InChI=1S/C20H18N4O6S2/c1-29-15-7-12-14(8-16(15)30-2)21-10-24(19(12)26)9-18(25)23-20-22-13-5-4-11(32(3,27)28)6-17(13)31-20/h4-8,10H,9H2,1-3H3,(H,22,23,25). The zero-order valence-corrected chi connectivity index (χ0v) is 18.9. The second kappa shape index (κ2) is 8.20. The topological polar surface area (TPSA) is 129 Å². The van der Waals surface area contributed by atoms with Gasteiger partial charge in [0.1, 0.15) is 6.54 Å². The van der Waals surface area contributed by atoms with E-state index in [0.717, 1.165) is 17.6 Å². The lowest BCUT2D eigenvalue weighted by molar-refractivity contribution is -0.116. The predicted octanol–water partition coefficient (Wildman–Crippen LogP) is 2.07. The van der Waals surface area contributed by atoms with Gasteiger partial charge in [0.25, 0.3) is 5.56 Å². The van der Waals surface area contributed by atoms with Gasteiger partial charge in [-0.3, -0.25) is 14.2 Å². The van der Waals surface area contributed by atoms with Crippen LogP contribution < -0.4 is 20.3 Å². The number of nitrogens with one attached hydrogen (secondary N) is 1. The van der Waals surface area contributed by atoms with Gasteiger partial charge in [-0.15, -0.1) is 0 Å². The lowest BCUT2D eigenvalue weighted by atomic mass is 10.2. The van der Waals surface area contributed by atoms with Gasteiger partial charge in [-0.2, -0.15) is 0 Å². The molecule has 0 aliphatic carbocycles. The first-order valence-corrected chi connectivity index (χ1v) is 11.9. The average molecular weight is 475 g/mol. The average Bonchev–Trinajstić information content (AvgIpc) is 3.15. The molecule has 0 aliphatic heterocycles. The second-order valence-electron chi connectivity index (χ2n) is 6.87. The molecule has 0 atom stereocenters. The molecule has 1 N–H and O–H groups in total. The monoisotopic (exact) mass is 474 g/mol. The van der Waals surface area contributed by atoms with Crippen molar-refractivity contribution < 1.29 is 22.7 Å². The third kappa shape index (κ3) is 4.14. The Morgan fingerprint density at radius 1 is 1.12 bits per heavy atom. The highest BCUT2D eigenvalue weighted by Gasteiger charge is 2.15. The zero-order valence-electron chi connectivity index (χ0n) is 17.3. The molecule has 0 aliphatic rings. The molecule has 0 saturated carbocycles. The van der Waals surface area contributed by atoms with Crippen LogP contribution in [0.4, 0.5) is 5.13 Å². The van der Waals surface area contributed by atoms with Crippen LogP contribution in [0.1, 0.15) is 0 Å². The van der Waals surface area contributed by atoms with Gasteiger partial charge in [-0.05, 0) is 24.3 Å². The van der Waals surface area contributed by atoms with Crippen molar-refractivity contribution in [3.63, 3.8) is 0 Å². The van der Waals surface area contributed by atoms with Crippen molar-refractivity contribution in [1.29, 1.82) is 0 Å². The molecule has 32 heavy (non-hydrogen) atoms. The molecule has 1 amide bonds. The molecule has 0 fully saturated rings. The number of ether oxygens (including phenoxy) is 2. The number of hydrogen-bond donors (Lipinski definition) is 1. The summed E-state index contributed by atoms with van der Waals surface area (Å²) in [4.78, 5) is 34.1. The van der Waals surface area contributed by atoms with Gasteiger partial charge in [-0.1, -0.05) is 11.3 Å². The molecule has 2 heterocycles. The van der Waals surface area contributed by atoms with Crippen molar-refractivity contribution in [2.24, 2.45) is 0 Å². The first-order valence-electron chi connectivity index (χ1n) is 9.21. The molecule has 2 aromatic heterocycles. The zero-order chi connectivity index (χ0) is 23.0. The van der Waals surface area contributed by atoms with E-state index < -0.39 is 21.3 Å². The number of aromatic nitrogens is 3. The Hall–Kier alpha value is -3.51. The Morgan fingerprint density at radius 3 is 2.53 bits per heavy atom. The molecule has 4 rings (SSSR count). The lowest BCUT2D eigenvalue weighted by Crippen LogP contribution is -2.27. The van der Waals surface area contributed by atoms with Crippen LogP contribution in [-0.2, 0) is 21.2 Å². The molecule has 166 valence electrons. The first-order chi connectivity index (χ1) is 15.2. The quantitative estimate of drug-likeness (QED) is 0.450. The number of fused-ring (bicyclic) bond motifs is 2. The lowest BCUT2D eigenvalue weighted by Gasteiger charge is -2.10. The number of rotatable bonds is 6. The molecule has 0 spiro atoms. The van der Waals surface area contributed by atoms with E-state index in [4.69, 9.17) is 9.47 Å². The fourth-order valence-electron chi connectivity index (χ4n) is 3.10. The van der Waals surface area contributed by atoms with Crippen LogP contribution in [0.25, 0.3) is 21.1 Å². The first kappa shape index (κ1) is 21.7. The summed E-state index contributed by atoms with van der Waals surface area (Å²) >= 11 is 1.14. The van der Waals surface area contributed by atoms with E-state index in [1.54, 1.807) is 12.1 Å². The molecule has 0 saturated heterocycles. The van der Waals surface area contributed by atoms with E-state index in [9.17, 15) is 18.0 Å². The Balaban J connectivity index is 1.59. The van der Waals surface area contributed by atoms with Crippen LogP contribution in [0, 0.1) is 0 Å². The Kier molecular flexibility index (Phi) is 5.57. The van der Waals surface area contributed by atoms with Gasteiger partial charge in [0.05, 0.1) is 46.6 Å². The maximum absolute atomic E-state index is 12.8. The highest BCUT2D eigenvalue weighted by atomic mass is 32.2. The van der Waals surface area contributed by atoms with Gasteiger partial charge in [0.15, 0.2) is 26.5 Å². The van der Waals surface area contributed by atoms with E-state index in [1.807, 2.05) is 0 Å². The number of benzene rings is 2. The van der Waals surface area contributed by atoms with Crippen LogP contribution in [0.2, 0.25) is 0 Å². The molecule has 2 aromatic carbocycles. The minimum Gasteiger partial charge on any atom is -0.493 e. The fraction of sp³-hybridized carbons (Fsp3) is 0.200. The number of amides is 1. The van der Waals surface area contributed by atoms with E-state index in [1.165, 1.54) is 43.3 Å². The summed E-state index contributed by atoms with van der Waals surface area (Å²) < 4.78 is 35.7. The van der Waals surface area contributed by atoms with Gasteiger partial charge in [0, 0.05) is 12.3 Å². The van der Waals surface area contributed by atoms with Crippen molar-refractivity contribution in [2.45, 2.75) is 11.4 Å². The summed E-state index contributed by atoms with van der Waals surface area (Å²) in [5, 5.41) is 3.22. The van der Waals surface area contributed by atoms with Crippen molar-refractivity contribution in [3.8, 4) is 11.5 Å². The van der Waals surface area contributed by atoms with Gasteiger partial charge < -0.3 is 14.8 Å². The van der Waals surface area contributed by atoms with Crippen LogP contribution in [0.15, 0.2) is 46.3 Å². The van der Waals surface area contributed by atoms with Crippen molar-refractivity contribution >= 4 is 53.3 Å². The van der Waals surface area contributed by atoms with E-state index in [-0.39, 0.29) is 16.8 Å². The summed E-state index contributed by atoms with van der Waals surface area (Å²) in [5.74, 6) is 0.345. The van der Waals surface area contributed by atoms with Crippen molar-refractivity contribution in [1.82, 2.24) is 14.5 Å². The van der Waals surface area contributed by atoms with Gasteiger partial charge >= 0.3 is 0 Å². The molecule has 0 bridgehead atoms. The summed E-state index contributed by atoms with van der Waals surface area (Å²) in [6, 6.07) is 7.66. The number of sulfone groups is 1. The van der Waals surface area contributed by atoms with Gasteiger partial charge in [0.2, 0.25) is 5.91 Å². The van der Waals surface area contributed by atoms with Crippen LogP contribution >= 0.6 is 11.3 Å². The Labute approximate surface area is 186 Å². The molecule has 0 radical (unpaired) electrons. The van der Waals surface area contributed by atoms with E-state index in [2.05, 4.69) is 15.3 Å². The molecular formula is C20H18N4O6S2. The highest BCUT2D eigenvalue weighted by molar-refractivity contribution is 7.90. The van der Waals surface area contributed by atoms with Crippen molar-refractivity contribution in [2.75, 3.05) is 25.8 Å². The van der Waals surface area contributed by atoms with Crippen LogP contribution in [0.5, 0.6) is 11.5 Å². The van der Waals surface area contributed by atoms with E-state index >= 15 is 0 Å². The number of carbonyl (C=O) groups excluding carboxylic acids is 1. The third-order valence-corrected chi connectivity index (χ3v) is 6.72. The number of anilines is 1. The largest absolute Gasteiger partial charge is 0.493 e. The maximum atomic E-state index is 12.8. The van der Waals surface area contributed by atoms with E-state index in [0.29, 0.717) is 32.4 Å². The summed E-state index contributed by atoms with van der Waals surface area (Å²) in [7, 11) is -0.405. The van der Waals surface area contributed by atoms with Crippen LogP contribution in [-0.4, -0.2) is 49.3 Å². The van der Waals surface area contributed by atoms with Crippen molar-refractivity contribution in [3.05, 3.63) is 47.0 Å². The third-order valence-electron chi connectivity index (χ3n) is 4.68. The molecule has 10 nitrogen and oxygen atoms in total. The molecule has 12 heteroatoms. The molecular weight excluding hydrogens is 456 g/mol. The normalized spacial score (nSPS) is 11.6. The number of nitrogens with zero attached hydrogens (tertiary/aromatic N) is 3. The number of methoxy groups -OCH3 is 2. The summed E-state index contributed by atoms with van der Waals surface area (Å²) in [6.45, 7) is -0.277. The molecule has 4 aromatic rings. The maximum Gasteiger partial charge on any atom is 0.261 e. The van der Waals surface area contributed by atoms with Crippen LogP contribution in [0.3, 0.4) is 0 Å². The Morgan fingerprint density at radius 2 is 1.84 bits per heavy atom. The number of hydrogen-bond acceptors (Lipinski definition) is 9. The van der Waals surface area contributed by atoms with Gasteiger partial charge in [-0.25, -0.2) is 18.4 Å². The minimum absolute atomic E-state index is 0.173. The fourth-order valence-corrected chi connectivity index (χ4v) is 4.74. The summed E-state index contributed by atoms with van der Waals surface area (Å²) in [5.41, 5.74) is 0.564. The SMILES string of the molecule is COc1cc2ncn(CC(=O)Nc3nc4ccc(S(C)(=O)=O)cc4s3)c(=O)c2cc1OC. The Bertz CT molecular complexity index is 1520. The highest BCUT2D eigenvalue weighted by Crippen LogP contribution is 2.30.